The topological polar surface area (TPSA) is 18.5 Å². The Hall–Kier alpha value is 0.01000. The summed E-state index contributed by atoms with van der Waals surface area (Å²) in [5.41, 5.74) is 0.0704. The first-order valence-electron chi connectivity index (χ1n) is 5.13. The van der Waals surface area contributed by atoms with Gasteiger partial charge in [0.2, 0.25) is 0 Å². The molecule has 0 aromatic carbocycles. The summed E-state index contributed by atoms with van der Waals surface area (Å²) < 4.78 is 11.7. The first-order valence-corrected chi connectivity index (χ1v) is 6.17. The van der Waals surface area contributed by atoms with E-state index in [1.165, 1.54) is 0 Å². The highest BCUT2D eigenvalue weighted by Gasteiger charge is 2.37. The maximum Gasteiger partial charge on any atom is 0.163 e. The minimum absolute atomic E-state index is 0.0629. The van der Waals surface area contributed by atoms with Gasteiger partial charge < -0.3 is 9.47 Å². The zero-order valence-corrected chi connectivity index (χ0v) is 9.84. The Bertz CT molecular complexity index is 232. The monoisotopic (exact) mass is 214 g/mol. The molecule has 0 spiro atoms. The molecule has 2 aliphatic heterocycles. The third-order valence-electron chi connectivity index (χ3n) is 2.50. The Kier molecular flexibility index (Phi) is 2.91. The molecule has 2 heterocycles. The van der Waals surface area contributed by atoms with Gasteiger partial charge in [-0.25, -0.2) is 0 Å². The molecular weight excluding hydrogens is 196 g/mol. The largest absolute Gasteiger partial charge is 0.351 e. The standard InChI is InChI=1S/C11H18O2S/c1-11(2,3)10-12-7-9-8(13-10)5-4-6-14-9/h4-5,8-10H,6-7H2,1-3H3/t8-,9-,10?/m1/s1. The van der Waals surface area contributed by atoms with Crippen LogP contribution in [0.1, 0.15) is 20.8 Å². The second kappa shape index (κ2) is 3.87. The van der Waals surface area contributed by atoms with E-state index in [1.807, 2.05) is 11.8 Å². The molecule has 0 aromatic rings. The molecule has 0 amide bonds. The van der Waals surface area contributed by atoms with Crippen LogP contribution in [-0.4, -0.2) is 30.0 Å². The summed E-state index contributed by atoms with van der Waals surface area (Å²) in [6.45, 7) is 7.27. The quantitative estimate of drug-likeness (QED) is 0.577. The summed E-state index contributed by atoms with van der Waals surface area (Å²) >= 11 is 1.92. The highest BCUT2D eigenvalue weighted by atomic mass is 32.2. The molecule has 3 atom stereocenters. The lowest BCUT2D eigenvalue weighted by molar-refractivity contribution is -0.239. The minimum atomic E-state index is -0.0629. The predicted molar refractivity (Wildman–Crippen MR) is 59.5 cm³/mol. The molecule has 80 valence electrons. The number of rotatable bonds is 0. The van der Waals surface area contributed by atoms with E-state index in [2.05, 4.69) is 32.9 Å². The van der Waals surface area contributed by atoms with Crippen LogP contribution in [-0.2, 0) is 9.47 Å². The van der Waals surface area contributed by atoms with Crippen molar-refractivity contribution in [1.82, 2.24) is 0 Å². The van der Waals surface area contributed by atoms with E-state index >= 15 is 0 Å². The zero-order chi connectivity index (χ0) is 10.2. The Morgan fingerprint density at radius 3 is 2.86 bits per heavy atom. The van der Waals surface area contributed by atoms with E-state index in [0.29, 0.717) is 5.25 Å². The Balaban J connectivity index is 2.02. The average Bonchev–Trinajstić information content (AvgIpc) is 2.16. The van der Waals surface area contributed by atoms with Crippen molar-refractivity contribution in [2.45, 2.75) is 38.4 Å². The van der Waals surface area contributed by atoms with Gasteiger partial charge >= 0.3 is 0 Å². The van der Waals surface area contributed by atoms with Gasteiger partial charge in [0.1, 0.15) is 0 Å². The second-order valence-electron chi connectivity index (χ2n) is 4.93. The molecule has 0 N–H and O–H groups in total. The van der Waals surface area contributed by atoms with Crippen LogP contribution in [0.5, 0.6) is 0 Å². The van der Waals surface area contributed by atoms with Crippen molar-refractivity contribution in [2.75, 3.05) is 12.4 Å². The van der Waals surface area contributed by atoms with Gasteiger partial charge in [0.15, 0.2) is 6.29 Å². The normalized spacial score (nSPS) is 38.1. The van der Waals surface area contributed by atoms with E-state index in [4.69, 9.17) is 9.47 Å². The summed E-state index contributed by atoms with van der Waals surface area (Å²) in [6.07, 6.45) is 4.57. The number of hydrogen-bond donors (Lipinski definition) is 0. The molecule has 1 unspecified atom stereocenters. The Morgan fingerprint density at radius 1 is 1.36 bits per heavy atom. The third-order valence-corrected chi connectivity index (χ3v) is 3.72. The van der Waals surface area contributed by atoms with Crippen molar-refractivity contribution < 1.29 is 9.47 Å². The molecule has 0 aliphatic carbocycles. The molecule has 2 aliphatic rings. The zero-order valence-electron chi connectivity index (χ0n) is 9.03. The SMILES string of the molecule is CC(C)(C)C1OC[C@H]2SCC=C[C@H]2O1. The molecule has 3 heteroatoms. The van der Waals surface area contributed by atoms with Crippen molar-refractivity contribution in [1.29, 1.82) is 0 Å². The number of thioether (sulfide) groups is 1. The number of fused-ring (bicyclic) bond motifs is 1. The van der Waals surface area contributed by atoms with E-state index < -0.39 is 0 Å². The molecule has 2 rings (SSSR count). The smallest absolute Gasteiger partial charge is 0.163 e. The molecular formula is C11H18O2S. The fraction of sp³-hybridized carbons (Fsp3) is 0.818. The van der Waals surface area contributed by atoms with Crippen LogP contribution in [0.15, 0.2) is 12.2 Å². The van der Waals surface area contributed by atoms with Crippen LogP contribution < -0.4 is 0 Å². The summed E-state index contributed by atoms with van der Waals surface area (Å²) in [4.78, 5) is 0. The first kappa shape index (κ1) is 10.5. The molecule has 2 nitrogen and oxygen atoms in total. The minimum Gasteiger partial charge on any atom is -0.351 e. The van der Waals surface area contributed by atoms with Gasteiger partial charge in [-0.3, -0.25) is 0 Å². The third kappa shape index (κ3) is 2.15. The van der Waals surface area contributed by atoms with Gasteiger partial charge in [0, 0.05) is 11.2 Å². The fourth-order valence-corrected chi connectivity index (χ4v) is 2.67. The molecule has 1 fully saturated rings. The van der Waals surface area contributed by atoms with Crippen LogP contribution in [0, 0.1) is 5.41 Å². The van der Waals surface area contributed by atoms with Gasteiger partial charge in [-0.2, -0.15) is 0 Å². The fourth-order valence-electron chi connectivity index (χ4n) is 1.68. The lowest BCUT2D eigenvalue weighted by atomic mass is 9.95. The van der Waals surface area contributed by atoms with Crippen molar-refractivity contribution in [2.24, 2.45) is 5.41 Å². The van der Waals surface area contributed by atoms with E-state index in [1.54, 1.807) is 0 Å². The van der Waals surface area contributed by atoms with E-state index in [0.717, 1.165) is 12.4 Å². The number of ether oxygens (including phenoxy) is 2. The van der Waals surface area contributed by atoms with E-state index in [-0.39, 0.29) is 17.8 Å². The summed E-state index contributed by atoms with van der Waals surface area (Å²) in [5.74, 6) is 1.09. The molecule has 14 heavy (non-hydrogen) atoms. The Labute approximate surface area is 90.0 Å². The molecule has 0 saturated carbocycles. The molecule has 1 saturated heterocycles. The van der Waals surface area contributed by atoms with Crippen molar-refractivity contribution in [3.8, 4) is 0 Å². The summed E-state index contributed by atoms with van der Waals surface area (Å²) in [5, 5.41) is 0.499. The van der Waals surface area contributed by atoms with Gasteiger partial charge in [0.25, 0.3) is 0 Å². The molecule has 0 bridgehead atoms. The van der Waals surface area contributed by atoms with Gasteiger partial charge in [0.05, 0.1) is 18.0 Å². The Morgan fingerprint density at radius 2 is 2.14 bits per heavy atom. The molecule has 0 aromatic heterocycles. The van der Waals surface area contributed by atoms with Gasteiger partial charge in [-0.1, -0.05) is 32.9 Å². The van der Waals surface area contributed by atoms with E-state index in [9.17, 15) is 0 Å². The summed E-state index contributed by atoms with van der Waals surface area (Å²) in [7, 11) is 0. The van der Waals surface area contributed by atoms with Gasteiger partial charge in [-0.05, 0) is 0 Å². The van der Waals surface area contributed by atoms with Crippen LogP contribution in [0.25, 0.3) is 0 Å². The van der Waals surface area contributed by atoms with Crippen molar-refractivity contribution in [3.05, 3.63) is 12.2 Å². The van der Waals surface area contributed by atoms with Gasteiger partial charge in [-0.15, -0.1) is 11.8 Å². The van der Waals surface area contributed by atoms with Crippen LogP contribution in [0.3, 0.4) is 0 Å². The lowest BCUT2D eigenvalue weighted by Gasteiger charge is -2.41. The van der Waals surface area contributed by atoms with Crippen LogP contribution >= 0.6 is 11.8 Å². The molecule has 0 radical (unpaired) electrons. The average molecular weight is 214 g/mol. The lowest BCUT2D eigenvalue weighted by Crippen LogP contribution is -2.47. The maximum absolute atomic E-state index is 5.92. The highest BCUT2D eigenvalue weighted by molar-refractivity contribution is 8.00. The summed E-state index contributed by atoms with van der Waals surface area (Å²) in [6, 6.07) is 0. The van der Waals surface area contributed by atoms with Crippen molar-refractivity contribution >= 4 is 11.8 Å². The predicted octanol–water partition coefficient (Wildman–Crippen LogP) is 2.45. The second-order valence-corrected chi connectivity index (χ2v) is 6.20. The van der Waals surface area contributed by atoms with Crippen molar-refractivity contribution in [3.63, 3.8) is 0 Å². The maximum atomic E-state index is 5.92. The highest BCUT2D eigenvalue weighted by Crippen LogP contribution is 2.34. The van der Waals surface area contributed by atoms with Crippen LogP contribution in [0.2, 0.25) is 0 Å². The number of hydrogen-bond acceptors (Lipinski definition) is 3. The van der Waals surface area contributed by atoms with Crippen LogP contribution in [0.4, 0.5) is 0 Å². The first-order chi connectivity index (χ1) is 6.57.